The molecule has 0 fully saturated rings. The molecule has 0 atom stereocenters. The second kappa shape index (κ2) is 12.2. The minimum Gasteiger partial charge on any atom is -0.436 e. The number of fused-ring (bicyclic) bond motifs is 6. The van der Waals surface area contributed by atoms with E-state index in [0.29, 0.717) is 5.89 Å². The highest BCUT2D eigenvalue weighted by Crippen LogP contribution is 2.50. The Morgan fingerprint density at radius 1 is 0.453 bits per heavy atom. The molecule has 1 aliphatic rings. The van der Waals surface area contributed by atoms with Crippen molar-refractivity contribution in [1.82, 2.24) is 4.98 Å². The fraction of sp³-hybridized carbons (Fsp3) is 0.0600. The summed E-state index contributed by atoms with van der Waals surface area (Å²) in [6.45, 7) is 4.66. The van der Waals surface area contributed by atoms with Crippen molar-refractivity contribution in [3.63, 3.8) is 0 Å². The van der Waals surface area contributed by atoms with Crippen molar-refractivity contribution in [3.8, 4) is 44.8 Å². The summed E-state index contributed by atoms with van der Waals surface area (Å²) in [7, 11) is 0. The lowest BCUT2D eigenvalue weighted by molar-refractivity contribution is 0.620. The molecule has 1 heterocycles. The highest BCUT2D eigenvalue weighted by atomic mass is 16.3. The maximum absolute atomic E-state index is 6.29. The van der Waals surface area contributed by atoms with Crippen LogP contribution in [0.15, 0.2) is 186 Å². The molecule has 3 heteroatoms. The molecule has 0 spiro atoms. The summed E-state index contributed by atoms with van der Waals surface area (Å²) in [4.78, 5) is 7.40. The van der Waals surface area contributed by atoms with Gasteiger partial charge in [0.15, 0.2) is 5.58 Å². The van der Waals surface area contributed by atoms with Gasteiger partial charge in [-0.15, -0.1) is 0 Å². The van der Waals surface area contributed by atoms with E-state index in [2.05, 4.69) is 164 Å². The molecular weight excluding hydrogens is 645 g/mol. The number of nitrogens with zero attached hydrogens (tertiary/aromatic N) is 2. The normalized spacial score (nSPS) is 12.9. The average molecular weight is 681 g/mol. The lowest BCUT2D eigenvalue weighted by atomic mass is 9.82. The van der Waals surface area contributed by atoms with Crippen molar-refractivity contribution in [2.75, 3.05) is 4.90 Å². The van der Waals surface area contributed by atoms with Crippen LogP contribution in [0.4, 0.5) is 17.1 Å². The van der Waals surface area contributed by atoms with E-state index < -0.39 is 0 Å². The van der Waals surface area contributed by atoms with Crippen molar-refractivity contribution in [2.24, 2.45) is 0 Å². The minimum atomic E-state index is -0.0517. The van der Waals surface area contributed by atoms with Crippen LogP contribution >= 0.6 is 0 Å². The van der Waals surface area contributed by atoms with Gasteiger partial charge < -0.3 is 9.32 Å². The lowest BCUT2D eigenvalue weighted by Gasteiger charge is -2.27. The van der Waals surface area contributed by atoms with Crippen LogP contribution in [0, 0.1) is 0 Å². The van der Waals surface area contributed by atoms with Crippen LogP contribution in [0.25, 0.3) is 66.7 Å². The molecule has 9 aromatic rings. The van der Waals surface area contributed by atoms with E-state index in [9.17, 15) is 0 Å². The zero-order valence-electron chi connectivity index (χ0n) is 29.6. The van der Waals surface area contributed by atoms with Crippen LogP contribution < -0.4 is 4.90 Å². The van der Waals surface area contributed by atoms with Crippen molar-refractivity contribution in [3.05, 3.63) is 193 Å². The summed E-state index contributed by atoms with van der Waals surface area (Å²) in [6.07, 6.45) is 0. The van der Waals surface area contributed by atoms with Gasteiger partial charge in [-0.25, -0.2) is 4.98 Å². The number of oxazole rings is 1. The summed E-state index contributed by atoms with van der Waals surface area (Å²) in [5.74, 6) is 0.632. The first kappa shape index (κ1) is 31.1. The minimum absolute atomic E-state index is 0.0517. The molecule has 0 amide bonds. The topological polar surface area (TPSA) is 29.3 Å². The highest BCUT2D eigenvalue weighted by molar-refractivity contribution is 6.12. The van der Waals surface area contributed by atoms with Crippen LogP contribution in [-0.4, -0.2) is 4.98 Å². The molecule has 3 nitrogen and oxygen atoms in total. The van der Waals surface area contributed by atoms with Crippen LogP contribution in [0.1, 0.15) is 25.0 Å². The Balaban J connectivity index is 1.09. The first-order valence-electron chi connectivity index (χ1n) is 18.2. The standard InChI is InChI=1S/C50H36N2O/c1-50(2)44-19-10-9-17-42(44)43-32-40(29-30-45(43)50)52(38-25-20-34(21-26-38)33-12-5-3-6-13-33)39-27-22-35(23-28-39)41-18-11-16-36-24-31-46-48(47(36)41)51-49(53-46)37-14-7-4-8-15-37/h3-32H,1-2H3. The van der Waals surface area contributed by atoms with Gasteiger partial charge in [0.1, 0.15) is 5.52 Å². The van der Waals surface area contributed by atoms with Crippen molar-refractivity contribution < 1.29 is 4.42 Å². The Kier molecular flexibility index (Phi) is 7.16. The number of anilines is 3. The maximum atomic E-state index is 6.29. The van der Waals surface area contributed by atoms with E-state index in [1.807, 2.05) is 36.4 Å². The van der Waals surface area contributed by atoms with Gasteiger partial charge in [-0.05, 0) is 104 Å². The molecule has 1 aromatic heterocycles. The molecule has 10 rings (SSSR count). The van der Waals surface area contributed by atoms with Crippen LogP contribution in [0.2, 0.25) is 0 Å². The average Bonchev–Trinajstić information content (AvgIpc) is 3.76. The Bertz CT molecular complexity index is 2780. The Morgan fingerprint density at radius 2 is 1.04 bits per heavy atom. The smallest absolute Gasteiger partial charge is 0.227 e. The van der Waals surface area contributed by atoms with E-state index >= 15 is 0 Å². The van der Waals surface area contributed by atoms with Crippen molar-refractivity contribution in [2.45, 2.75) is 19.3 Å². The summed E-state index contributed by atoms with van der Waals surface area (Å²) in [5.41, 5.74) is 15.9. The van der Waals surface area contributed by atoms with Gasteiger partial charge >= 0.3 is 0 Å². The Hall–Kier alpha value is -6.71. The Labute approximate surface area is 309 Å². The zero-order chi connectivity index (χ0) is 35.5. The Morgan fingerprint density at radius 3 is 1.77 bits per heavy atom. The quantitative estimate of drug-likeness (QED) is 0.175. The predicted molar refractivity (Wildman–Crippen MR) is 220 cm³/mol. The second-order valence-electron chi connectivity index (χ2n) is 14.4. The molecule has 0 radical (unpaired) electrons. The molecule has 0 bridgehead atoms. The van der Waals surface area contributed by atoms with E-state index in [1.165, 1.54) is 33.4 Å². The third-order valence-corrected chi connectivity index (χ3v) is 10.9. The fourth-order valence-corrected chi connectivity index (χ4v) is 8.23. The summed E-state index contributed by atoms with van der Waals surface area (Å²) < 4.78 is 6.29. The first-order valence-corrected chi connectivity index (χ1v) is 18.2. The van der Waals surface area contributed by atoms with E-state index in [0.717, 1.165) is 55.6 Å². The molecule has 0 unspecified atom stereocenters. The summed E-state index contributed by atoms with van der Waals surface area (Å²) in [5, 5.41) is 2.23. The van der Waals surface area contributed by atoms with Gasteiger partial charge in [-0.3, -0.25) is 0 Å². The number of hydrogen-bond donors (Lipinski definition) is 0. The third-order valence-electron chi connectivity index (χ3n) is 10.9. The van der Waals surface area contributed by atoms with Crippen LogP contribution in [0.5, 0.6) is 0 Å². The molecule has 252 valence electrons. The van der Waals surface area contributed by atoms with E-state index in [-0.39, 0.29) is 5.41 Å². The van der Waals surface area contributed by atoms with Gasteiger partial charge in [0.25, 0.3) is 0 Å². The number of aromatic nitrogens is 1. The maximum Gasteiger partial charge on any atom is 0.227 e. The van der Waals surface area contributed by atoms with Crippen LogP contribution in [-0.2, 0) is 5.41 Å². The summed E-state index contributed by atoms with van der Waals surface area (Å²) >= 11 is 0. The van der Waals surface area contributed by atoms with Crippen molar-refractivity contribution >= 4 is 38.9 Å². The SMILES string of the molecule is CC1(C)c2ccccc2-c2cc(N(c3ccc(-c4ccccc4)cc3)c3ccc(-c4cccc5ccc6oc(-c7ccccc7)nc6c45)cc3)ccc21. The van der Waals surface area contributed by atoms with Crippen molar-refractivity contribution in [1.29, 1.82) is 0 Å². The molecular formula is C50H36N2O. The molecule has 0 aliphatic heterocycles. The van der Waals surface area contributed by atoms with Gasteiger partial charge in [-0.1, -0.05) is 141 Å². The largest absolute Gasteiger partial charge is 0.436 e. The molecule has 0 saturated heterocycles. The van der Waals surface area contributed by atoms with E-state index in [1.54, 1.807) is 0 Å². The van der Waals surface area contributed by atoms with Gasteiger partial charge in [0.05, 0.1) is 0 Å². The predicted octanol–water partition coefficient (Wildman–Crippen LogP) is 13.8. The molecule has 1 aliphatic carbocycles. The lowest BCUT2D eigenvalue weighted by Crippen LogP contribution is -2.15. The van der Waals surface area contributed by atoms with Crippen LogP contribution in [0.3, 0.4) is 0 Å². The monoisotopic (exact) mass is 680 g/mol. The van der Waals surface area contributed by atoms with Gasteiger partial charge in [0.2, 0.25) is 5.89 Å². The molecule has 8 aromatic carbocycles. The number of rotatable bonds is 6. The molecule has 0 N–H and O–H groups in total. The first-order chi connectivity index (χ1) is 26.0. The number of hydrogen-bond acceptors (Lipinski definition) is 3. The zero-order valence-corrected chi connectivity index (χ0v) is 29.6. The fourth-order valence-electron chi connectivity index (χ4n) is 8.23. The number of benzene rings is 8. The summed E-state index contributed by atoms with van der Waals surface area (Å²) in [6, 6.07) is 65.0. The highest BCUT2D eigenvalue weighted by Gasteiger charge is 2.35. The van der Waals surface area contributed by atoms with E-state index in [4.69, 9.17) is 9.40 Å². The second-order valence-corrected chi connectivity index (χ2v) is 14.4. The van der Waals surface area contributed by atoms with Gasteiger partial charge in [0, 0.05) is 33.4 Å². The molecule has 53 heavy (non-hydrogen) atoms. The van der Waals surface area contributed by atoms with Gasteiger partial charge in [-0.2, -0.15) is 0 Å². The molecule has 0 saturated carbocycles. The third kappa shape index (κ3) is 5.16.